The zero-order chi connectivity index (χ0) is 16.7. The number of rotatable bonds is 2. The maximum Gasteiger partial charge on any atom is 0.297 e. The van der Waals surface area contributed by atoms with E-state index in [4.69, 9.17) is 0 Å². The summed E-state index contributed by atoms with van der Waals surface area (Å²) in [5.41, 5.74) is -0.00344. The van der Waals surface area contributed by atoms with Gasteiger partial charge in [0.2, 0.25) is 11.7 Å². The molecule has 1 aromatic rings. The van der Waals surface area contributed by atoms with Gasteiger partial charge >= 0.3 is 0 Å². The summed E-state index contributed by atoms with van der Waals surface area (Å²) in [4.78, 5) is 40.4. The zero-order valence-corrected chi connectivity index (χ0v) is 13.7. The molecule has 1 aliphatic heterocycles. The third-order valence-corrected chi connectivity index (χ3v) is 3.99. The molecule has 2 rings (SSSR count). The molecule has 22 heavy (non-hydrogen) atoms. The van der Waals surface area contributed by atoms with Crippen LogP contribution in [0, 0.1) is 5.41 Å². The largest absolute Gasteiger partial charge is 0.323 e. The minimum absolute atomic E-state index is 0.144. The standard InChI is InChI=1S/C17H22N2O3/c1-11-14(21)18(5)16(17(2,3)4)19(11)15(22)13(20)12-9-7-6-8-10-12/h6-11,16H,1-5H3. The molecule has 2 amide bonds. The van der Waals surface area contributed by atoms with Crippen molar-refractivity contribution in [1.82, 2.24) is 9.80 Å². The number of amides is 2. The summed E-state index contributed by atoms with van der Waals surface area (Å²) in [6.07, 6.45) is -0.435. The average Bonchev–Trinajstić information content (AvgIpc) is 2.70. The second-order valence-electron chi connectivity index (χ2n) is 6.77. The highest BCUT2D eigenvalue weighted by molar-refractivity contribution is 6.43. The van der Waals surface area contributed by atoms with Crippen LogP contribution < -0.4 is 0 Å². The molecule has 2 unspecified atom stereocenters. The SMILES string of the molecule is CC1C(=O)N(C)C(C(C)(C)C)N1C(=O)C(=O)c1ccccc1. The van der Waals surface area contributed by atoms with E-state index >= 15 is 0 Å². The molecule has 0 radical (unpaired) electrons. The third kappa shape index (κ3) is 2.63. The van der Waals surface area contributed by atoms with Crippen molar-refractivity contribution in [2.75, 3.05) is 7.05 Å². The predicted molar refractivity (Wildman–Crippen MR) is 83.1 cm³/mol. The molecule has 1 fully saturated rings. The number of hydrogen-bond acceptors (Lipinski definition) is 3. The number of Topliss-reactive ketones (excluding diaryl/α,β-unsaturated/α-hetero) is 1. The summed E-state index contributed by atoms with van der Waals surface area (Å²) < 4.78 is 0. The Labute approximate surface area is 130 Å². The Morgan fingerprint density at radius 1 is 1.09 bits per heavy atom. The Morgan fingerprint density at radius 2 is 1.64 bits per heavy atom. The minimum Gasteiger partial charge on any atom is -0.323 e. The lowest BCUT2D eigenvalue weighted by Gasteiger charge is -2.38. The van der Waals surface area contributed by atoms with Crippen LogP contribution in [0.15, 0.2) is 30.3 Å². The number of benzene rings is 1. The molecule has 1 heterocycles. The Bertz CT molecular complexity index is 604. The summed E-state index contributed by atoms with van der Waals surface area (Å²) in [5.74, 6) is -1.35. The van der Waals surface area contributed by atoms with Gasteiger partial charge in [0.05, 0.1) is 0 Å². The molecule has 118 valence electrons. The fourth-order valence-corrected chi connectivity index (χ4v) is 3.05. The lowest BCUT2D eigenvalue weighted by Crippen LogP contribution is -2.52. The van der Waals surface area contributed by atoms with Crippen LogP contribution in [0.1, 0.15) is 38.1 Å². The highest BCUT2D eigenvalue weighted by atomic mass is 16.2. The molecule has 0 spiro atoms. The molecule has 5 heteroatoms. The average molecular weight is 302 g/mol. The zero-order valence-electron chi connectivity index (χ0n) is 13.7. The lowest BCUT2D eigenvalue weighted by atomic mass is 9.90. The lowest BCUT2D eigenvalue weighted by molar-refractivity contribution is -0.133. The fraction of sp³-hybridized carbons (Fsp3) is 0.471. The highest BCUT2D eigenvalue weighted by Crippen LogP contribution is 2.34. The molecule has 1 aliphatic rings. The van der Waals surface area contributed by atoms with Gasteiger partial charge in [0.25, 0.3) is 5.91 Å². The number of likely N-dealkylation sites (N-methyl/N-ethyl adjacent to an activating group) is 1. The molecule has 1 aromatic carbocycles. The van der Waals surface area contributed by atoms with Gasteiger partial charge in [-0.25, -0.2) is 0 Å². The van der Waals surface area contributed by atoms with E-state index in [1.807, 2.05) is 20.8 Å². The van der Waals surface area contributed by atoms with E-state index in [1.165, 1.54) is 4.90 Å². The van der Waals surface area contributed by atoms with E-state index in [2.05, 4.69) is 0 Å². The summed E-state index contributed by atoms with van der Waals surface area (Å²) in [6.45, 7) is 7.52. The van der Waals surface area contributed by atoms with Crippen LogP contribution in [0.2, 0.25) is 0 Å². The second-order valence-corrected chi connectivity index (χ2v) is 6.77. The molecule has 0 N–H and O–H groups in total. The van der Waals surface area contributed by atoms with Crippen molar-refractivity contribution in [3.8, 4) is 0 Å². The topological polar surface area (TPSA) is 57.7 Å². The van der Waals surface area contributed by atoms with E-state index in [0.29, 0.717) is 5.56 Å². The van der Waals surface area contributed by atoms with Gasteiger partial charge in [-0.05, 0) is 6.92 Å². The van der Waals surface area contributed by atoms with Crippen molar-refractivity contribution in [3.63, 3.8) is 0 Å². The molecule has 0 aromatic heterocycles. The van der Waals surface area contributed by atoms with Gasteiger partial charge in [0.1, 0.15) is 12.2 Å². The van der Waals surface area contributed by atoms with Crippen LogP contribution in [0.4, 0.5) is 0 Å². The summed E-state index contributed by atoms with van der Waals surface area (Å²) in [6, 6.07) is 7.81. The first-order chi connectivity index (χ1) is 10.2. The Kier molecular flexibility index (Phi) is 4.09. The molecule has 2 atom stereocenters. The Hall–Kier alpha value is -2.17. The van der Waals surface area contributed by atoms with Crippen LogP contribution in [0.25, 0.3) is 0 Å². The number of carbonyl (C=O) groups is 3. The number of hydrogen-bond donors (Lipinski definition) is 0. The van der Waals surface area contributed by atoms with E-state index < -0.39 is 23.9 Å². The van der Waals surface area contributed by atoms with Gasteiger partial charge in [0, 0.05) is 18.0 Å². The first-order valence-corrected chi connectivity index (χ1v) is 7.35. The van der Waals surface area contributed by atoms with E-state index in [9.17, 15) is 14.4 Å². The minimum atomic E-state index is -0.630. The molecule has 5 nitrogen and oxygen atoms in total. The molecular formula is C17H22N2O3. The second kappa shape index (κ2) is 5.55. The quantitative estimate of drug-likeness (QED) is 0.619. The number of ketones is 1. The van der Waals surface area contributed by atoms with Gasteiger partial charge in [-0.2, -0.15) is 0 Å². The van der Waals surface area contributed by atoms with Crippen LogP contribution >= 0.6 is 0 Å². The van der Waals surface area contributed by atoms with Gasteiger partial charge in [-0.3, -0.25) is 14.4 Å². The van der Waals surface area contributed by atoms with E-state index in [1.54, 1.807) is 49.2 Å². The maximum absolute atomic E-state index is 12.7. The van der Waals surface area contributed by atoms with Gasteiger partial charge < -0.3 is 9.80 Å². The van der Waals surface area contributed by atoms with Gasteiger partial charge in [-0.1, -0.05) is 51.1 Å². The summed E-state index contributed by atoms with van der Waals surface area (Å²) in [7, 11) is 1.68. The molecule has 0 bridgehead atoms. The summed E-state index contributed by atoms with van der Waals surface area (Å²) >= 11 is 0. The summed E-state index contributed by atoms with van der Waals surface area (Å²) in [5, 5.41) is 0. The number of carbonyl (C=O) groups excluding carboxylic acids is 3. The highest BCUT2D eigenvalue weighted by Gasteiger charge is 2.50. The van der Waals surface area contributed by atoms with Crippen LogP contribution in [0.5, 0.6) is 0 Å². The van der Waals surface area contributed by atoms with Gasteiger partial charge in [0.15, 0.2) is 0 Å². The van der Waals surface area contributed by atoms with Crippen molar-refractivity contribution in [2.24, 2.45) is 5.41 Å². The van der Waals surface area contributed by atoms with E-state index in [0.717, 1.165) is 0 Å². The van der Waals surface area contributed by atoms with Crippen LogP contribution in [-0.4, -0.2) is 46.7 Å². The van der Waals surface area contributed by atoms with Crippen molar-refractivity contribution in [3.05, 3.63) is 35.9 Å². The first-order valence-electron chi connectivity index (χ1n) is 7.35. The van der Waals surface area contributed by atoms with Gasteiger partial charge in [-0.15, -0.1) is 0 Å². The molecule has 1 saturated heterocycles. The third-order valence-electron chi connectivity index (χ3n) is 3.99. The van der Waals surface area contributed by atoms with Crippen molar-refractivity contribution < 1.29 is 14.4 Å². The predicted octanol–water partition coefficient (Wildman–Crippen LogP) is 1.93. The molecule has 0 saturated carbocycles. The van der Waals surface area contributed by atoms with E-state index in [-0.39, 0.29) is 11.3 Å². The Morgan fingerprint density at radius 3 is 2.14 bits per heavy atom. The molecular weight excluding hydrogens is 280 g/mol. The van der Waals surface area contributed by atoms with Crippen LogP contribution in [-0.2, 0) is 9.59 Å². The number of nitrogens with zero attached hydrogens (tertiary/aromatic N) is 2. The van der Waals surface area contributed by atoms with Crippen molar-refractivity contribution in [2.45, 2.75) is 39.9 Å². The Balaban J connectivity index is 2.38. The molecule has 0 aliphatic carbocycles. The van der Waals surface area contributed by atoms with Crippen LogP contribution in [0.3, 0.4) is 0 Å². The normalized spacial score (nSPS) is 22.1. The smallest absolute Gasteiger partial charge is 0.297 e. The van der Waals surface area contributed by atoms with Crippen molar-refractivity contribution >= 4 is 17.6 Å². The maximum atomic E-state index is 12.7. The van der Waals surface area contributed by atoms with Crippen molar-refractivity contribution in [1.29, 1.82) is 0 Å². The first kappa shape index (κ1) is 16.2. The fourth-order valence-electron chi connectivity index (χ4n) is 3.05. The monoisotopic (exact) mass is 302 g/mol.